The first-order valence-electron chi connectivity index (χ1n) is 8.99. The lowest BCUT2D eigenvalue weighted by Gasteiger charge is -2.10. The summed E-state index contributed by atoms with van der Waals surface area (Å²) in [6, 6.07) is 18.1. The van der Waals surface area contributed by atoms with Gasteiger partial charge < -0.3 is 5.32 Å². The normalized spacial score (nSPS) is 10.9. The van der Waals surface area contributed by atoms with E-state index in [9.17, 15) is 4.79 Å². The predicted octanol–water partition coefficient (Wildman–Crippen LogP) is 4.38. The Kier molecular flexibility index (Phi) is 5.12. The molecular weight excluding hydrogens is 368 g/mol. The summed E-state index contributed by atoms with van der Waals surface area (Å²) in [5, 5.41) is 2.70. The van der Waals surface area contributed by atoms with Gasteiger partial charge in [0.1, 0.15) is 11.3 Å². The van der Waals surface area contributed by atoms with E-state index in [4.69, 9.17) is 0 Å². The Morgan fingerprint density at radius 1 is 1.11 bits per heavy atom. The summed E-state index contributed by atoms with van der Waals surface area (Å²) in [5.74, 6) is 1.67. The Labute approximate surface area is 167 Å². The number of aromatic nitrogens is 3. The van der Waals surface area contributed by atoms with E-state index < -0.39 is 0 Å². The lowest BCUT2D eigenvalue weighted by Crippen LogP contribution is -2.18. The molecule has 6 heteroatoms. The van der Waals surface area contributed by atoms with Gasteiger partial charge in [-0.3, -0.25) is 14.3 Å². The maximum Gasteiger partial charge on any atom is 0.252 e. The van der Waals surface area contributed by atoms with Crippen molar-refractivity contribution in [2.75, 3.05) is 7.05 Å². The molecule has 0 saturated heterocycles. The van der Waals surface area contributed by atoms with Crippen LogP contribution in [0.25, 0.3) is 16.7 Å². The molecule has 0 spiro atoms. The van der Waals surface area contributed by atoms with Crippen molar-refractivity contribution in [1.82, 2.24) is 19.9 Å². The minimum absolute atomic E-state index is 0.0598. The fourth-order valence-electron chi connectivity index (χ4n) is 3.20. The van der Waals surface area contributed by atoms with Crippen LogP contribution in [-0.2, 0) is 5.75 Å². The summed E-state index contributed by atoms with van der Waals surface area (Å²) < 4.78 is 2.13. The fraction of sp³-hybridized carbons (Fsp3) is 0.136. The van der Waals surface area contributed by atoms with E-state index in [2.05, 4.69) is 44.1 Å². The SMILES string of the molecule is CNC(=O)c1ccccc1SCc1ccc(-n2c(C)nc3cnccc32)cc1. The van der Waals surface area contributed by atoms with Gasteiger partial charge in [-0.15, -0.1) is 11.8 Å². The Hall–Kier alpha value is -3.12. The highest BCUT2D eigenvalue weighted by molar-refractivity contribution is 7.98. The monoisotopic (exact) mass is 388 g/mol. The average Bonchev–Trinajstić information content (AvgIpc) is 3.08. The first-order chi connectivity index (χ1) is 13.7. The van der Waals surface area contributed by atoms with Crippen molar-refractivity contribution >= 4 is 28.7 Å². The lowest BCUT2D eigenvalue weighted by atomic mass is 10.2. The van der Waals surface area contributed by atoms with Gasteiger partial charge in [0.15, 0.2) is 0 Å². The van der Waals surface area contributed by atoms with Crippen molar-refractivity contribution in [2.24, 2.45) is 0 Å². The third-order valence-electron chi connectivity index (χ3n) is 4.57. The van der Waals surface area contributed by atoms with E-state index in [0.717, 1.165) is 33.2 Å². The molecule has 4 aromatic rings. The highest BCUT2D eigenvalue weighted by atomic mass is 32.2. The molecule has 0 aliphatic carbocycles. The van der Waals surface area contributed by atoms with Crippen LogP contribution in [0, 0.1) is 6.92 Å². The number of aryl methyl sites for hydroxylation is 1. The first-order valence-corrected chi connectivity index (χ1v) is 9.98. The van der Waals surface area contributed by atoms with Crippen molar-refractivity contribution in [2.45, 2.75) is 17.6 Å². The highest BCUT2D eigenvalue weighted by Gasteiger charge is 2.11. The summed E-state index contributed by atoms with van der Waals surface area (Å²) in [6.45, 7) is 2.00. The second-order valence-corrected chi connectivity index (χ2v) is 7.41. The molecule has 140 valence electrons. The number of pyridine rings is 1. The van der Waals surface area contributed by atoms with Gasteiger partial charge in [-0.25, -0.2) is 4.98 Å². The van der Waals surface area contributed by atoms with Crippen molar-refractivity contribution in [3.63, 3.8) is 0 Å². The number of thioether (sulfide) groups is 1. The van der Waals surface area contributed by atoms with E-state index in [-0.39, 0.29) is 5.91 Å². The number of fused-ring (bicyclic) bond motifs is 1. The number of carbonyl (C=O) groups excluding carboxylic acids is 1. The number of benzene rings is 2. The molecule has 0 saturated carbocycles. The molecule has 0 atom stereocenters. The Morgan fingerprint density at radius 3 is 2.68 bits per heavy atom. The largest absolute Gasteiger partial charge is 0.355 e. The minimum Gasteiger partial charge on any atom is -0.355 e. The number of hydrogen-bond acceptors (Lipinski definition) is 4. The number of carbonyl (C=O) groups is 1. The van der Waals surface area contributed by atoms with Crippen LogP contribution in [0.2, 0.25) is 0 Å². The molecule has 0 radical (unpaired) electrons. The summed E-state index contributed by atoms with van der Waals surface area (Å²) >= 11 is 1.66. The summed E-state index contributed by atoms with van der Waals surface area (Å²) in [4.78, 5) is 21.7. The number of amides is 1. The maximum atomic E-state index is 12.0. The fourth-order valence-corrected chi connectivity index (χ4v) is 4.20. The average molecular weight is 388 g/mol. The molecule has 1 N–H and O–H groups in total. The van der Waals surface area contributed by atoms with Crippen LogP contribution in [0.4, 0.5) is 0 Å². The molecule has 2 aromatic carbocycles. The van der Waals surface area contributed by atoms with Crippen molar-refractivity contribution < 1.29 is 4.79 Å². The van der Waals surface area contributed by atoms with Crippen LogP contribution >= 0.6 is 11.8 Å². The molecule has 2 heterocycles. The molecule has 28 heavy (non-hydrogen) atoms. The maximum absolute atomic E-state index is 12.0. The van der Waals surface area contributed by atoms with Crippen molar-refractivity contribution in [3.8, 4) is 5.69 Å². The van der Waals surface area contributed by atoms with Gasteiger partial charge in [0.2, 0.25) is 0 Å². The summed E-state index contributed by atoms with van der Waals surface area (Å²) in [6.07, 6.45) is 3.57. The van der Waals surface area contributed by atoms with E-state index >= 15 is 0 Å². The van der Waals surface area contributed by atoms with Gasteiger partial charge in [-0.2, -0.15) is 0 Å². The van der Waals surface area contributed by atoms with E-state index in [1.165, 1.54) is 5.56 Å². The quantitative estimate of drug-likeness (QED) is 0.516. The zero-order chi connectivity index (χ0) is 19.5. The van der Waals surface area contributed by atoms with E-state index in [1.54, 1.807) is 31.2 Å². The Balaban J connectivity index is 1.55. The van der Waals surface area contributed by atoms with Crippen LogP contribution in [0.15, 0.2) is 71.9 Å². The van der Waals surface area contributed by atoms with Gasteiger partial charge >= 0.3 is 0 Å². The number of nitrogens with one attached hydrogen (secondary N) is 1. The number of hydrogen-bond donors (Lipinski definition) is 1. The smallest absolute Gasteiger partial charge is 0.252 e. The molecule has 0 unspecified atom stereocenters. The number of nitrogens with zero attached hydrogens (tertiary/aromatic N) is 3. The van der Waals surface area contributed by atoms with Crippen LogP contribution in [0.3, 0.4) is 0 Å². The zero-order valence-electron chi connectivity index (χ0n) is 15.7. The van der Waals surface area contributed by atoms with Gasteiger partial charge in [0, 0.05) is 29.6 Å². The second-order valence-electron chi connectivity index (χ2n) is 6.39. The molecule has 2 aromatic heterocycles. The molecule has 0 fully saturated rings. The molecule has 0 bridgehead atoms. The van der Waals surface area contributed by atoms with E-state index in [1.807, 2.05) is 37.3 Å². The van der Waals surface area contributed by atoms with Gasteiger partial charge in [-0.1, -0.05) is 24.3 Å². The molecule has 5 nitrogen and oxygen atoms in total. The Morgan fingerprint density at radius 2 is 1.89 bits per heavy atom. The van der Waals surface area contributed by atoms with Crippen LogP contribution in [0.5, 0.6) is 0 Å². The Bertz CT molecular complexity index is 1130. The van der Waals surface area contributed by atoms with Gasteiger partial charge in [-0.05, 0) is 42.8 Å². The third kappa shape index (κ3) is 3.51. The second kappa shape index (κ2) is 7.86. The summed E-state index contributed by atoms with van der Waals surface area (Å²) in [5.41, 5.74) is 4.93. The van der Waals surface area contributed by atoms with Gasteiger partial charge in [0.25, 0.3) is 5.91 Å². The molecule has 1 amide bonds. The minimum atomic E-state index is -0.0598. The number of rotatable bonds is 5. The van der Waals surface area contributed by atoms with Crippen LogP contribution in [-0.4, -0.2) is 27.5 Å². The topological polar surface area (TPSA) is 59.8 Å². The third-order valence-corrected chi connectivity index (χ3v) is 5.72. The zero-order valence-corrected chi connectivity index (χ0v) is 16.5. The molecule has 4 rings (SSSR count). The standard InChI is InChI=1S/C22H20N4OS/c1-15-25-19-13-24-12-11-20(19)26(15)17-9-7-16(8-10-17)14-28-21-6-4-3-5-18(21)22(27)23-2/h3-13H,14H2,1-2H3,(H,23,27). The molecular formula is C22H20N4OS. The highest BCUT2D eigenvalue weighted by Crippen LogP contribution is 2.27. The summed E-state index contributed by atoms with van der Waals surface area (Å²) in [7, 11) is 1.65. The van der Waals surface area contributed by atoms with Crippen LogP contribution < -0.4 is 5.32 Å². The molecule has 0 aliphatic heterocycles. The lowest BCUT2D eigenvalue weighted by molar-refractivity contribution is 0.0960. The first kappa shape index (κ1) is 18.3. The number of imidazole rings is 1. The van der Waals surface area contributed by atoms with Crippen molar-refractivity contribution in [3.05, 3.63) is 83.9 Å². The molecule has 0 aliphatic rings. The van der Waals surface area contributed by atoms with Crippen LogP contribution in [0.1, 0.15) is 21.7 Å². The van der Waals surface area contributed by atoms with Crippen molar-refractivity contribution in [1.29, 1.82) is 0 Å². The van der Waals surface area contributed by atoms with E-state index in [0.29, 0.717) is 5.56 Å². The van der Waals surface area contributed by atoms with Gasteiger partial charge in [0.05, 0.1) is 17.3 Å². The predicted molar refractivity (Wildman–Crippen MR) is 113 cm³/mol.